The lowest BCUT2D eigenvalue weighted by molar-refractivity contribution is -0.377. The maximum Gasteiger partial charge on any atom is 0.0952 e. The van der Waals surface area contributed by atoms with E-state index in [0.29, 0.717) is 6.10 Å². The van der Waals surface area contributed by atoms with Crippen molar-refractivity contribution >= 4 is 0 Å². The van der Waals surface area contributed by atoms with Crippen molar-refractivity contribution in [3.63, 3.8) is 0 Å². The van der Waals surface area contributed by atoms with Crippen molar-refractivity contribution in [3.05, 3.63) is 0 Å². The summed E-state index contributed by atoms with van der Waals surface area (Å²) in [6, 6.07) is 0. The summed E-state index contributed by atoms with van der Waals surface area (Å²) in [5.41, 5.74) is -0.183. The molecule has 15 heavy (non-hydrogen) atoms. The standard InChI is InChI=1S/C13H26O2/c1-5-7-11-8-6-9-12(10-11)14-15-13(2,3)4/h11-12H,5-10H2,1-4H3. The predicted octanol–water partition coefficient (Wildman–Crippen LogP) is 4.09. The number of hydrogen-bond acceptors (Lipinski definition) is 2. The third kappa shape index (κ3) is 5.53. The Morgan fingerprint density at radius 1 is 1.20 bits per heavy atom. The van der Waals surface area contributed by atoms with Crippen LogP contribution in [-0.4, -0.2) is 11.7 Å². The lowest BCUT2D eigenvalue weighted by Crippen LogP contribution is -2.28. The van der Waals surface area contributed by atoms with Gasteiger partial charge in [-0.25, -0.2) is 9.78 Å². The highest BCUT2D eigenvalue weighted by molar-refractivity contribution is 4.72. The average Bonchev–Trinajstić information content (AvgIpc) is 2.15. The fraction of sp³-hybridized carbons (Fsp3) is 1.00. The molecule has 90 valence electrons. The minimum Gasteiger partial charge on any atom is -0.233 e. The van der Waals surface area contributed by atoms with E-state index in [1.54, 1.807) is 0 Å². The summed E-state index contributed by atoms with van der Waals surface area (Å²) in [5, 5.41) is 0. The van der Waals surface area contributed by atoms with E-state index >= 15 is 0 Å². The third-order valence-electron chi connectivity index (χ3n) is 2.87. The van der Waals surface area contributed by atoms with Crippen LogP contribution in [0.3, 0.4) is 0 Å². The maximum absolute atomic E-state index is 5.52. The molecule has 2 atom stereocenters. The van der Waals surface area contributed by atoms with Crippen LogP contribution in [-0.2, 0) is 9.78 Å². The zero-order valence-electron chi connectivity index (χ0n) is 10.7. The summed E-state index contributed by atoms with van der Waals surface area (Å²) in [7, 11) is 0. The van der Waals surface area contributed by atoms with Crippen LogP contribution in [0.1, 0.15) is 66.2 Å². The first-order chi connectivity index (χ1) is 7.01. The maximum atomic E-state index is 5.52. The molecule has 0 aromatic carbocycles. The van der Waals surface area contributed by atoms with E-state index in [4.69, 9.17) is 9.78 Å². The van der Waals surface area contributed by atoms with Gasteiger partial charge < -0.3 is 0 Å². The molecule has 0 aliphatic heterocycles. The topological polar surface area (TPSA) is 18.5 Å². The van der Waals surface area contributed by atoms with Crippen molar-refractivity contribution in [1.82, 2.24) is 0 Å². The molecule has 1 aliphatic carbocycles. The molecule has 0 amide bonds. The summed E-state index contributed by atoms with van der Waals surface area (Å²) in [6.45, 7) is 8.34. The Morgan fingerprint density at radius 3 is 2.53 bits per heavy atom. The van der Waals surface area contributed by atoms with Crippen molar-refractivity contribution in [2.45, 2.75) is 77.9 Å². The van der Waals surface area contributed by atoms with Gasteiger partial charge in [-0.05, 0) is 39.5 Å². The van der Waals surface area contributed by atoms with E-state index < -0.39 is 0 Å². The van der Waals surface area contributed by atoms with Crippen molar-refractivity contribution < 1.29 is 9.78 Å². The van der Waals surface area contributed by atoms with Gasteiger partial charge >= 0.3 is 0 Å². The smallest absolute Gasteiger partial charge is 0.0952 e. The Kier molecular flexibility index (Phi) is 5.07. The van der Waals surface area contributed by atoms with Crippen molar-refractivity contribution in [2.75, 3.05) is 0 Å². The van der Waals surface area contributed by atoms with Gasteiger partial charge in [0.1, 0.15) is 0 Å². The first kappa shape index (κ1) is 13.0. The zero-order chi connectivity index (χ0) is 11.3. The molecule has 0 bridgehead atoms. The van der Waals surface area contributed by atoms with Gasteiger partial charge in [0.2, 0.25) is 0 Å². The van der Waals surface area contributed by atoms with Gasteiger partial charge in [-0.3, -0.25) is 0 Å². The Bertz CT molecular complexity index is 170. The van der Waals surface area contributed by atoms with Crippen LogP contribution in [0.15, 0.2) is 0 Å². The van der Waals surface area contributed by atoms with E-state index in [9.17, 15) is 0 Å². The minimum atomic E-state index is -0.183. The SMILES string of the molecule is CCCC1CCCC(OOC(C)(C)C)C1. The summed E-state index contributed by atoms with van der Waals surface area (Å²) >= 11 is 0. The minimum absolute atomic E-state index is 0.183. The highest BCUT2D eigenvalue weighted by Gasteiger charge is 2.24. The van der Waals surface area contributed by atoms with E-state index in [1.165, 1.54) is 32.1 Å². The molecular formula is C13H26O2. The van der Waals surface area contributed by atoms with Crippen LogP contribution in [0.25, 0.3) is 0 Å². The normalized spacial score (nSPS) is 28.0. The molecule has 2 unspecified atom stereocenters. The van der Waals surface area contributed by atoms with Crippen LogP contribution >= 0.6 is 0 Å². The van der Waals surface area contributed by atoms with Crippen LogP contribution in [0.5, 0.6) is 0 Å². The molecule has 1 saturated carbocycles. The third-order valence-corrected chi connectivity index (χ3v) is 2.87. The van der Waals surface area contributed by atoms with Crippen molar-refractivity contribution in [2.24, 2.45) is 5.92 Å². The van der Waals surface area contributed by atoms with Gasteiger partial charge in [-0.1, -0.05) is 32.6 Å². The summed E-state index contributed by atoms with van der Waals surface area (Å²) in [5.74, 6) is 0.859. The molecule has 1 aliphatic rings. The quantitative estimate of drug-likeness (QED) is 0.518. The molecule has 1 fully saturated rings. The van der Waals surface area contributed by atoms with Crippen LogP contribution in [0, 0.1) is 5.92 Å². The molecule has 2 heteroatoms. The van der Waals surface area contributed by atoms with Gasteiger partial charge in [-0.15, -0.1) is 0 Å². The number of rotatable bonds is 4. The lowest BCUT2D eigenvalue weighted by Gasteiger charge is -2.30. The van der Waals surface area contributed by atoms with E-state index in [2.05, 4.69) is 6.92 Å². The fourth-order valence-corrected chi connectivity index (χ4v) is 2.21. The molecule has 0 saturated heterocycles. The van der Waals surface area contributed by atoms with Gasteiger partial charge in [0.05, 0.1) is 11.7 Å². The summed E-state index contributed by atoms with van der Waals surface area (Å²) in [4.78, 5) is 10.9. The molecule has 0 N–H and O–H groups in total. The summed E-state index contributed by atoms with van der Waals surface area (Å²) in [6.07, 6.45) is 7.98. The first-order valence-electron chi connectivity index (χ1n) is 6.35. The Morgan fingerprint density at radius 2 is 1.93 bits per heavy atom. The Hall–Kier alpha value is -0.0800. The highest BCUT2D eigenvalue weighted by atomic mass is 17.2. The molecule has 0 aromatic rings. The van der Waals surface area contributed by atoms with Gasteiger partial charge in [0.15, 0.2) is 0 Å². The van der Waals surface area contributed by atoms with Crippen molar-refractivity contribution in [3.8, 4) is 0 Å². The second kappa shape index (κ2) is 5.86. The largest absolute Gasteiger partial charge is 0.233 e. The first-order valence-corrected chi connectivity index (χ1v) is 6.35. The van der Waals surface area contributed by atoms with Gasteiger partial charge in [-0.2, -0.15) is 0 Å². The van der Waals surface area contributed by atoms with E-state index in [-0.39, 0.29) is 5.60 Å². The molecule has 0 spiro atoms. The van der Waals surface area contributed by atoms with Crippen LogP contribution < -0.4 is 0 Å². The predicted molar refractivity (Wildman–Crippen MR) is 62.6 cm³/mol. The molecule has 0 aromatic heterocycles. The second-order valence-electron chi connectivity index (χ2n) is 5.74. The molecule has 0 radical (unpaired) electrons. The lowest BCUT2D eigenvalue weighted by atomic mass is 9.84. The Balaban J connectivity index is 2.24. The molecule has 0 heterocycles. The van der Waals surface area contributed by atoms with Gasteiger partial charge in [0, 0.05) is 0 Å². The summed E-state index contributed by atoms with van der Waals surface area (Å²) < 4.78 is 0. The van der Waals surface area contributed by atoms with Crippen LogP contribution in [0.2, 0.25) is 0 Å². The van der Waals surface area contributed by atoms with Crippen LogP contribution in [0.4, 0.5) is 0 Å². The molecular weight excluding hydrogens is 188 g/mol. The Labute approximate surface area is 94.3 Å². The molecule has 1 rings (SSSR count). The zero-order valence-corrected chi connectivity index (χ0v) is 10.7. The van der Waals surface area contributed by atoms with E-state index in [1.807, 2.05) is 20.8 Å². The van der Waals surface area contributed by atoms with Gasteiger partial charge in [0.25, 0.3) is 0 Å². The van der Waals surface area contributed by atoms with E-state index in [0.717, 1.165) is 12.3 Å². The highest BCUT2D eigenvalue weighted by Crippen LogP contribution is 2.30. The number of hydrogen-bond donors (Lipinski definition) is 0. The average molecular weight is 214 g/mol. The second-order valence-corrected chi connectivity index (χ2v) is 5.74. The molecule has 2 nitrogen and oxygen atoms in total. The van der Waals surface area contributed by atoms with Crippen molar-refractivity contribution in [1.29, 1.82) is 0 Å². The fourth-order valence-electron chi connectivity index (χ4n) is 2.21. The monoisotopic (exact) mass is 214 g/mol.